The second-order valence-corrected chi connectivity index (χ2v) is 8.87. The molecule has 0 radical (unpaired) electrons. The van der Waals surface area contributed by atoms with Gasteiger partial charge in [0.15, 0.2) is 5.82 Å². The van der Waals surface area contributed by atoms with Crippen molar-refractivity contribution in [3.8, 4) is 34.4 Å². The topological polar surface area (TPSA) is 49.8 Å². The molecule has 0 saturated carbocycles. The summed E-state index contributed by atoms with van der Waals surface area (Å²) in [5.74, 6) is 1.77. The lowest BCUT2D eigenvalue weighted by atomic mass is 10.1. The summed E-state index contributed by atoms with van der Waals surface area (Å²) in [6, 6.07) is 19.1. The molecule has 0 amide bonds. The molecule has 2 aliphatic rings. The zero-order valence-electron chi connectivity index (χ0n) is 18.2. The van der Waals surface area contributed by atoms with E-state index in [1.807, 2.05) is 30.5 Å². The summed E-state index contributed by atoms with van der Waals surface area (Å²) in [6.07, 6.45) is 8.68. The van der Waals surface area contributed by atoms with Crippen molar-refractivity contribution < 1.29 is 0 Å². The maximum Gasteiger partial charge on any atom is 0.161 e. The fraction of sp³-hybridized carbons (Fsp3) is 0.259. The lowest BCUT2D eigenvalue weighted by molar-refractivity contribution is 0.569. The highest BCUT2D eigenvalue weighted by molar-refractivity contribution is 5.72. The van der Waals surface area contributed by atoms with Gasteiger partial charge in [-0.3, -0.25) is 4.57 Å². The first-order valence-electron chi connectivity index (χ1n) is 11.4. The summed E-state index contributed by atoms with van der Waals surface area (Å²) in [6.45, 7) is 5.41. The molecule has 1 saturated heterocycles. The van der Waals surface area contributed by atoms with E-state index in [1.54, 1.807) is 0 Å². The van der Waals surface area contributed by atoms with Gasteiger partial charge in [0, 0.05) is 49.5 Å². The van der Waals surface area contributed by atoms with Gasteiger partial charge in [0.1, 0.15) is 0 Å². The van der Waals surface area contributed by atoms with Crippen LogP contribution < -0.4 is 4.90 Å². The van der Waals surface area contributed by atoms with Gasteiger partial charge in [-0.2, -0.15) is 5.26 Å². The van der Waals surface area contributed by atoms with Crippen LogP contribution in [0, 0.1) is 17.2 Å². The number of fused-ring (bicyclic) bond motifs is 5. The second-order valence-electron chi connectivity index (χ2n) is 8.87. The first kappa shape index (κ1) is 18.9. The smallest absolute Gasteiger partial charge is 0.161 e. The van der Waals surface area contributed by atoms with Crippen molar-refractivity contribution in [1.29, 1.82) is 5.26 Å². The number of imidazole rings is 1. The van der Waals surface area contributed by atoms with Crippen LogP contribution in [-0.2, 0) is 6.54 Å². The Labute approximate surface area is 188 Å². The van der Waals surface area contributed by atoms with Crippen molar-refractivity contribution in [1.82, 2.24) is 14.1 Å². The van der Waals surface area contributed by atoms with E-state index in [2.05, 4.69) is 63.7 Å². The van der Waals surface area contributed by atoms with Gasteiger partial charge in [0.05, 0.1) is 23.0 Å². The fourth-order valence-electron chi connectivity index (χ4n) is 5.13. The van der Waals surface area contributed by atoms with Crippen LogP contribution in [0.5, 0.6) is 0 Å². The Hall–Kier alpha value is -3.78. The highest BCUT2D eigenvalue weighted by Crippen LogP contribution is 2.36. The maximum atomic E-state index is 9.10. The number of nitrogens with zero attached hydrogens (tertiary/aromatic N) is 5. The molecule has 0 bridgehead atoms. The number of benzene rings is 2. The summed E-state index contributed by atoms with van der Waals surface area (Å²) >= 11 is 0. The zero-order chi connectivity index (χ0) is 21.7. The van der Waals surface area contributed by atoms with E-state index in [1.165, 1.54) is 29.8 Å². The van der Waals surface area contributed by atoms with Crippen LogP contribution in [0.1, 0.15) is 30.9 Å². The maximum absolute atomic E-state index is 9.10. The van der Waals surface area contributed by atoms with E-state index < -0.39 is 0 Å². The van der Waals surface area contributed by atoms with Gasteiger partial charge >= 0.3 is 0 Å². The first-order valence-corrected chi connectivity index (χ1v) is 11.4. The van der Waals surface area contributed by atoms with Gasteiger partial charge in [0.2, 0.25) is 0 Å². The van der Waals surface area contributed by atoms with Gasteiger partial charge < -0.3 is 9.47 Å². The SMILES string of the molecule is CC[C@@H]1CCN(c2ccc3c(c2)Cn2cc(-c4ccc(C#N)cc4)cc2-c2nccn2-3)C1. The van der Waals surface area contributed by atoms with Gasteiger partial charge in [-0.05, 0) is 59.9 Å². The summed E-state index contributed by atoms with van der Waals surface area (Å²) in [5, 5.41) is 9.10. The second kappa shape index (κ2) is 7.42. The molecule has 1 atom stereocenters. The largest absolute Gasteiger partial charge is 0.371 e. The molecule has 2 aliphatic heterocycles. The average molecular weight is 420 g/mol. The van der Waals surface area contributed by atoms with E-state index >= 15 is 0 Å². The molecule has 1 fully saturated rings. The Kier molecular flexibility index (Phi) is 4.39. The number of hydrogen-bond acceptors (Lipinski definition) is 3. The van der Waals surface area contributed by atoms with Gasteiger partial charge in [-0.25, -0.2) is 4.98 Å². The van der Waals surface area contributed by atoms with Crippen molar-refractivity contribution in [3.05, 3.63) is 78.2 Å². The van der Waals surface area contributed by atoms with Crippen LogP contribution in [0.2, 0.25) is 0 Å². The van der Waals surface area contributed by atoms with Gasteiger partial charge in [-0.15, -0.1) is 0 Å². The number of aromatic nitrogens is 3. The molecule has 4 heterocycles. The Morgan fingerprint density at radius 1 is 1.09 bits per heavy atom. The van der Waals surface area contributed by atoms with Crippen molar-refractivity contribution in [3.63, 3.8) is 0 Å². The minimum atomic E-state index is 0.679. The van der Waals surface area contributed by atoms with Crippen LogP contribution in [0.3, 0.4) is 0 Å². The molecule has 0 unspecified atom stereocenters. The predicted octanol–water partition coefficient (Wildman–Crippen LogP) is 5.48. The zero-order valence-corrected chi connectivity index (χ0v) is 18.2. The quantitative estimate of drug-likeness (QED) is 0.389. The molecular weight excluding hydrogens is 394 g/mol. The molecule has 2 aromatic carbocycles. The van der Waals surface area contributed by atoms with Crippen molar-refractivity contribution in [2.24, 2.45) is 5.92 Å². The van der Waals surface area contributed by atoms with Crippen LogP contribution in [-0.4, -0.2) is 27.2 Å². The normalized spacial score (nSPS) is 16.8. The number of hydrogen-bond donors (Lipinski definition) is 0. The van der Waals surface area contributed by atoms with Crippen LogP contribution in [0.25, 0.3) is 28.3 Å². The van der Waals surface area contributed by atoms with Crippen molar-refractivity contribution >= 4 is 5.69 Å². The predicted molar refractivity (Wildman–Crippen MR) is 127 cm³/mol. The highest BCUT2D eigenvalue weighted by Gasteiger charge is 2.24. The van der Waals surface area contributed by atoms with E-state index in [0.717, 1.165) is 48.2 Å². The van der Waals surface area contributed by atoms with E-state index in [-0.39, 0.29) is 0 Å². The van der Waals surface area contributed by atoms with Crippen LogP contribution >= 0.6 is 0 Å². The monoisotopic (exact) mass is 419 g/mol. The van der Waals surface area contributed by atoms with Crippen molar-refractivity contribution in [2.45, 2.75) is 26.3 Å². The standard InChI is InChI=1S/C27H25N5/c1-2-19-9-11-30(16-19)24-7-8-25-23(13-24)18-31-17-22(21-5-3-20(15-28)4-6-21)14-26(31)27-29-10-12-32(25)27/h3-8,10,12-14,17,19H,2,9,11,16,18H2,1H3/t19-/m1/s1. The summed E-state index contributed by atoms with van der Waals surface area (Å²) in [4.78, 5) is 7.24. The highest BCUT2D eigenvalue weighted by atomic mass is 15.2. The fourth-order valence-corrected chi connectivity index (χ4v) is 5.13. The molecule has 0 spiro atoms. The van der Waals surface area contributed by atoms with Crippen LogP contribution in [0.4, 0.5) is 5.69 Å². The van der Waals surface area contributed by atoms with Gasteiger partial charge in [0.25, 0.3) is 0 Å². The third kappa shape index (κ3) is 3.03. The minimum absolute atomic E-state index is 0.679. The Morgan fingerprint density at radius 2 is 1.97 bits per heavy atom. The molecule has 5 heteroatoms. The molecule has 158 valence electrons. The number of anilines is 1. The molecule has 0 N–H and O–H groups in total. The summed E-state index contributed by atoms with van der Waals surface area (Å²) < 4.78 is 4.51. The molecule has 0 aliphatic carbocycles. The third-order valence-corrected chi connectivity index (χ3v) is 7.01. The molecular formula is C27H25N5. The minimum Gasteiger partial charge on any atom is -0.371 e. The average Bonchev–Trinajstić information content (AvgIpc) is 3.57. The third-order valence-electron chi connectivity index (χ3n) is 7.01. The molecule has 32 heavy (non-hydrogen) atoms. The summed E-state index contributed by atoms with van der Waals surface area (Å²) in [7, 11) is 0. The first-order chi connectivity index (χ1) is 15.7. The molecule has 4 aromatic rings. The van der Waals surface area contributed by atoms with Crippen molar-refractivity contribution in [2.75, 3.05) is 18.0 Å². The number of nitriles is 1. The number of rotatable bonds is 3. The molecule has 2 aromatic heterocycles. The van der Waals surface area contributed by atoms with E-state index in [4.69, 9.17) is 10.2 Å². The molecule has 5 nitrogen and oxygen atoms in total. The van der Waals surface area contributed by atoms with Gasteiger partial charge in [-0.1, -0.05) is 25.5 Å². The lowest BCUT2D eigenvalue weighted by Crippen LogP contribution is -2.19. The van der Waals surface area contributed by atoms with E-state index in [9.17, 15) is 0 Å². The summed E-state index contributed by atoms with van der Waals surface area (Å²) in [5.41, 5.74) is 7.88. The van der Waals surface area contributed by atoms with E-state index in [0.29, 0.717) is 5.56 Å². The lowest BCUT2D eigenvalue weighted by Gasteiger charge is -2.21. The Bertz CT molecular complexity index is 1340. The Balaban J connectivity index is 1.42. The molecule has 6 rings (SSSR count). The Morgan fingerprint density at radius 3 is 2.75 bits per heavy atom. The van der Waals surface area contributed by atoms with Crippen LogP contribution in [0.15, 0.2) is 67.1 Å².